The maximum absolute atomic E-state index is 12.8. The number of hydrogen-bond acceptors (Lipinski definition) is 8. The molecule has 172 valence electrons. The van der Waals surface area contributed by atoms with Gasteiger partial charge in [-0.3, -0.25) is 9.59 Å². The van der Waals surface area contributed by atoms with Crippen molar-refractivity contribution in [3.8, 4) is 17.1 Å². The van der Waals surface area contributed by atoms with Crippen molar-refractivity contribution < 1.29 is 4.74 Å². The highest BCUT2D eigenvalue weighted by molar-refractivity contribution is 7.18. The number of nitrogens with zero attached hydrogens (tertiary/aromatic N) is 4. The molecule has 0 saturated carbocycles. The molecular formula is C24H21N5O3S2. The lowest BCUT2D eigenvalue weighted by Gasteiger charge is -2.09. The zero-order valence-corrected chi connectivity index (χ0v) is 20.1. The van der Waals surface area contributed by atoms with Crippen LogP contribution in [0.15, 0.2) is 39.9 Å². The summed E-state index contributed by atoms with van der Waals surface area (Å²) in [5.41, 5.74) is 2.27. The number of hydrogen-bond donors (Lipinski definition) is 1. The van der Waals surface area contributed by atoms with Crippen LogP contribution in [0.2, 0.25) is 0 Å². The average molecular weight is 492 g/mol. The van der Waals surface area contributed by atoms with Gasteiger partial charge in [-0.15, -0.1) is 11.3 Å². The van der Waals surface area contributed by atoms with Crippen molar-refractivity contribution in [3.05, 3.63) is 72.2 Å². The van der Waals surface area contributed by atoms with Crippen LogP contribution in [-0.2, 0) is 25.9 Å². The Morgan fingerprint density at radius 3 is 2.74 bits per heavy atom. The van der Waals surface area contributed by atoms with Gasteiger partial charge in [-0.2, -0.15) is 9.61 Å². The normalized spacial score (nSPS) is 13.4. The van der Waals surface area contributed by atoms with Gasteiger partial charge in [0.25, 0.3) is 11.1 Å². The third-order valence-electron chi connectivity index (χ3n) is 5.98. The molecule has 0 atom stereocenters. The highest BCUT2D eigenvalue weighted by atomic mass is 32.1. The minimum Gasteiger partial charge on any atom is -0.487 e. The Balaban J connectivity index is 1.23. The van der Waals surface area contributed by atoms with Gasteiger partial charge in [0, 0.05) is 16.5 Å². The molecule has 0 fully saturated rings. The van der Waals surface area contributed by atoms with E-state index < -0.39 is 0 Å². The smallest absolute Gasteiger partial charge is 0.275 e. The first-order valence-corrected chi connectivity index (χ1v) is 12.9. The standard InChI is InChI=1S/C24H21N5O3S2/c1-2-18-28-29-19(30)11-14(25-24(29)34-18)12-32-15-9-7-13(8-10-15)21-26-22(31)20-16-5-3-4-6-17(16)33-23(20)27-21/h7-11H,2-6,12H2,1H3,(H,26,27,31). The molecule has 34 heavy (non-hydrogen) atoms. The predicted molar refractivity (Wildman–Crippen MR) is 133 cm³/mol. The summed E-state index contributed by atoms with van der Waals surface area (Å²) in [6, 6.07) is 8.84. The molecular weight excluding hydrogens is 470 g/mol. The van der Waals surface area contributed by atoms with Crippen LogP contribution in [0.25, 0.3) is 26.6 Å². The fourth-order valence-corrected chi connectivity index (χ4v) is 6.40. The third kappa shape index (κ3) is 3.72. The van der Waals surface area contributed by atoms with E-state index in [9.17, 15) is 9.59 Å². The number of H-pyrrole nitrogens is 1. The van der Waals surface area contributed by atoms with E-state index in [1.165, 1.54) is 38.8 Å². The first-order valence-electron chi connectivity index (χ1n) is 11.3. The van der Waals surface area contributed by atoms with E-state index in [0.717, 1.165) is 46.5 Å². The maximum Gasteiger partial charge on any atom is 0.275 e. The summed E-state index contributed by atoms with van der Waals surface area (Å²) in [7, 11) is 0. The Morgan fingerprint density at radius 1 is 1.09 bits per heavy atom. The van der Waals surface area contributed by atoms with Gasteiger partial charge in [0.05, 0.1) is 11.1 Å². The molecule has 0 spiro atoms. The molecule has 0 amide bonds. The molecule has 0 radical (unpaired) electrons. The van der Waals surface area contributed by atoms with Gasteiger partial charge < -0.3 is 9.72 Å². The fourth-order valence-electron chi connectivity index (χ4n) is 4.28. The molecule has 0 bridgehead atoms. The van der Waals surface area contributed by atoms with Crippen LogP contribution in [0.1, 0.15) is 40.9 Å². The zero-order valence-electron chi connectivity index (χ0n) is 18.5. The Hall–Kier alpha value is -3.37. The number of aromatic nitrogens is 5. The van der Waals surface area contributed by atoms with E-state index in [2.05, 4.69) is 15.1 Å². The van der Waals surface area contributed by atoms with Crippen LogP contribution in [0.5, 0.6) is 5.75 Å². The molecule has 1 aliphatic rings. The lowest BCUT2D eigenvalue weighted by molar-refractivity contribution is 0.301. The molecule has 6 rings (SSSR count). The second kappa shape index (κ2) is 8.44. The molecule has 0 unspecified atom stereocenters. The van der Waals surface area contributed by atoms with Gasteiger partial charge in [0.2, 0.25) is 4.96 Å². The fraction of sp³-hybridized carbons (Fsp3) is 0.292. The van der Waals surface area contributed by atoms with Crippen molar-refractivity contribution in [2.45, 2.75) is 45.6 Å². The summed E-state index contributed by atoms with van der Waals surface area (Å²) in [5.74, 6) is 1.19. The van der Waals surface area contributed by atoms with E-state index in [1.54, 1.807) is 11.3 Å². The van der Waals surface area contributed by atoms with Crippen molar-refractivity contribution in [3.63, 3.8) is 0 Å². The number of nitrogens with one attached hydrogen (secondary N) is 1. The van der Waals surface area contributed by atoms with Crippen LogP contribution in [0.3, 0.4) is 0 Å². The largest absolute Gasteiger partial charge is 0.487 e. The summed E-state index contributed by atoms with van der Waals surface area (Å²) in [6.07, 6.45) is 5.06. The van der Waals surface area contributed by atoms with E-state index in [-0.39, 0.29) is 17.7 Å². The molecule has 8 nitrogen and oxygen atoms in total. The molecule has 1 N–H and O–H groups in total. The van der Waals surface area contributed by atoms with E-state index in [4.69, 9.17) is 9.72 Å². The molecule has 5 aromatic rings. The van der Waals surface area contributed by atoms with E-state index in [0.29, 0.717) is 22.2 Å². The Kier molecular flexibility index (Phi) is 5.26. The summed E-state index contributed by atoms with van der Waals surface area (Å²) in [4.78, 5) is 40.0. The number of fused-ring (bicyclic) bond motifs is 4. The molecule has 0 aliphatic heterocycles. The van der Waals surface area contributed by atoms with Gasteiger partial charge in [0.15, 0.2) is 0 Å². The van der Waals surface area contributed by atoms with Crippen molar-refractivity contribution in [2.75, 3.05) is 0 Å². The van der Waals surface area contributed by atoms with Crippen LogP contribution >= 0.6 is 22.7 Å². The number of benzene rings is 1. The third-order valence-corrected chi connectivity index (χ3v) is 8.22. The predicted octanol–water partition coefficient (Wildman–Crippen LogP) is 4.14. The second-order valence-corrected chi connectivity index (χ2v) is 10.4. The van der Waals surface area contributed by atoms with E-state index >= 15 is 0 Å². The van der Waals surface area contributed by atoms with E-state index in [1.807, 2.05) is 31.2 Å². The Morgan fingerprint density at radius 2 is 1.91 bits per heavy atom. The molecule has 4 heterocycles. The Bertz CT molecular complexity index is 1650. The van der Waals surface area contributed by atoms with Crippen LogP contribution in [0.4, 0.5) is 0 Å². The number of rotatable bonds is 5. The highest BCUT2D eigenvalue weighted by Gasteiger charge is 2.20. The minimum absolute atomic E-state index is 0.0678. The zero-order chi connectivity index (χ0) is 23.2. The number of thiophene rings is 1. The lowest BCUT2D eigenvalue weighted by atomic mass is 9.97. The van der Waals surface area contributed by atoms with Crippen LogP contribution < -0.4 is 15.9 Å². The topological polar surface area (TPSA) is 102 Å². The number of aryl methyl sites for hydroxylation is 3. The van der Waals surface area contributed by atoms with Gasteiger partial charge in [-0.1, -0.05) is 18.3 Å². The monoisotopic (exact) mass is 491 g/mol. The van der Waals surface area contributed by atoms with Crippen molar-refractivity contribution in [1.82, 2.24) is 24.6 Å². The highest BCUT2D eigenvalue weighted by Crippen LogP contribution is 2.34. The van der Waals surface area contributed by atoms with Crippen molar-refractivity contribution in [1.29, 1.82) is 0 Å². The molecule has 10 heteroatoms. The van der Waals surface area contributed by atoms with Crippen LogP contribution in [-0.4, -0.2) is 24.6 Å². The number of ether oxygens (including phenoxy) is 1. The van der Waals surface area contributed by atoms with Gasteiger partial charge in [-0.25, -0.2) is 9.97 Å². The van der Waals surface area contributed by atoms with Crippen LogP contribution in [0, 0.1) is 0 Å². The maximum atomic E-state index is 12.8. The summed E-state index contributed by atoms with van der Waals surface area (Å²) >= 11 is 3.05. The molecule has 1 aliphatic carbocycles. The quantitative estimate of drug-likeness (QED) is 0.397. The van der Waals surface area contributed by atoms with Crippen molar-refractivity contribution in [2.24, 2.45) is 0 Å². The molecule has 1 aromatic carbocycles. The molecule has 0 saturated heterocycles. The van der Waals surface area contributed by atoms with Gasteiger partial charge in [-0.05, 0) is 61.9 Å². The Labute approximate surface area is 201 Å². The van der Waals surface area contributed by atoms with Crippen molar-refractivity contribution >= 4 is 37.9 Å². The second-order valence-electron chi connectivity index (χ2n) is 8.25. The summed E-state index contributed by atoms with van der Waals surface area (Å²) < 4.78 is 7.18. The number of aromatic amines is 1. The summed E-state index contributed by atoms with van der Waals surface area (Å²) in [6.45, 7) is 2.17. The molecule has 4 aromatic heterocycles. The first kappa shape index (κ1) is 21.2. The SMILES string of the molecule is CCc1nn2c(=O)cc(COc3ccc(-c4nc5sc6c(c5c(=O)[nH]4)CCCC6)cc3)nc2s1. The average Bonchev–Trinajstić information content (AvgIpc) is 3.44. The minimum atomic E-state index is -0.212. The first-order chi connectivity index (χ1) is 16.6. The van der Waals surface area contributed by atoms with Gasteiger partial charge in [0.1, 0.15) is 28.0 Å². The van der Waals surface area contributed by atoms with Gasteiger partial charge >= 0.3 is 0 Å². The summed E-state index contributed by atoms with van der Waals surface area (Å²) in [5, 5.41) is 5.89. The lowest BCUT2D eigenvalue weighted by Crippen LogP contribution is -2.16.